The minimum atomic E-state index is -0.606. The Morgan fingerprint density at radius 3 is 2.70 bits per heavy atom. The van der Waals surface area contributed by atoms with E-state index in [2.05, 4.69) is 16.2 Å². The summed E-state index contributed by atoms with van der Waals surface area (Å²) in [5.74, 6) is -0.499. The van der Waals surface area contributed by atoms with Crippen molar-refractivity contribution in [3.63, 3.8) is 0 Å². The zero-order chi connectivity index (χ0) is 14.4. The Kier molecular flexibility index (Phi) is 4.67. The number of halogens is 1. The molecule has 0 aliphatic carbocycles. The molecule has 0 saturated heterocycles. The van der Waals surface area contributed by atoms with Crippen molar-refractivity contribution in [2.45, 2.75) is 6.54 Å². The Bertz CT molecular complexity index is 601. The van der Waals surface area contributed by atoms with E-state index in [4.69, 9.17) is 16.6 Å². The van der Waals surface area contributed by atoms with Crippen molar-refractivity contribution < 1.29 is 13.6 Å². The average Bonchev–Trinajstić information content (AvgIpc) is 2.96. The molecule has 0 fully saturated rings. The zero-order valence-corrected chi connectivity index (χ0v) is 11.2. The number of carbonyl (C=O) groups excluding carboxylic acids is 1. The van der Waals surface area contributed by atoms with Crippen molar-refractivity contribution in [2.75, 3.05) is 0 Å². The summed E-state index contributed by atoms with van der Waals surface area (Å²) in [4.78, 5) is 11.7. The van der Waals surface area contributed by atoms with Crippen molar-refractivity contribution >= 4 is 23.2 Å². The molecule has 0 aliphatic heterocycles. The van der Waals surface area contributed by atoms with Crippen LogP contribution < -0.4 is 16.2 Å². The lowest BCUT2D eigenvalue weighted by Crippen LogP contribution is -2.46. The smallest absolute Gasteiger partial charge is 0.272 e. The van der Waals surface area contributed by atoms with Gasteiger partial charge in [0.25, 0.3) is 5.91 Å². The molecule has 5 nitrogen and oxygen atoms in total. The standard InChI is InChI=1S/C13H12FN3O2S/c14-11-6-2-1-5-10(11)12(18)16-17-13(20)15-8-9-4-3-7-19-9/h1-7H,8H2,(H,16,18)(H2,15,17,20). The first-order valence-corrected chi connectivity index (χ1v) is 6.19. The highest BCUT2D eigenvalue weighted by atomic mass is 32.1. The van der Waals surface area contributed by atoms with Gasteiger partial charge in [-0.1, -0.05) is 12.1 Å². The lowest BCUT2D eigenvalue weighted by molar-refractivity contribution is 0.0939. The summed E-state index contributed by atoms with van der Waals surface area (Å²) in [6.45, 7) is 0.383. The third-order valence-electron chi connectivity index (χ3n) is 2.41. The van der Waals surface area contributed by atoms with Crippen molar-refractivity contribution in [3.05, 3.63) is 59.8 Å². The molecule has 1 amide bonds. The van der Waals surface area contributed by atoms with Crippen LogP contribution in [0.2, 0.25) is 0 Å². The molecular formula is C13H12FN3O2S. The molecule has 0 aliphatic rings. The van der Waals surface area contributed by atoms with E-state index in [1.54, 1.807) is 24.5 Å². The van der Waals surface area contributed by atoms with Crippen LogP contribution in [0.1, 0.15) is 16.1 Å². The van der Waals surface area contributed by atoms with E-state index in [0.717, 1.165) is 0 Å². The maximum atomic E-state index is 13.3. The Hall–Kier alpha value is -2.41. The minimum Gasteiger partial charge on any atom is -0.467 e. The van der Waals surface area contributed by atoms with Gasteiger partial charge >= 0.3 is 0 Å². The van der Waals surface area contributed by atoms with Gasteiger partial charge in [-0.25, -0.2) is 4.39 Å². The number of rotatable bonds is 3. The molecule has 1 heterocycles. The van der Waals surface area contributed by atoms with E-state index in [9.17, 15) is 9.18 Å². The number of benzene rings is 1. The van der Waals surface area contributed by atoms with Crippen molar-refractivity contribution in [1.82, 2.24) is 16.2 Å². The molecule has 0 unspecified atom stereocenters. The molecular weight excluding hydrogens is 281 g/mol. The van der Waals surface area contributed by atoms with Gasteiger partial charge in [0.1, 0.15) is 11.6 Å². The molecule has 0 spiro atoms. The van der Waals surface area contributed by atoms with Crippen LogP contribution in [0.5, 0.6) is 0 Å². The largest absolute Gasteiger partial charge is 0.467 e. The Morgan fingerprint density at radius 1 is 1.20 bits per heavy atom. The predicted molar refractivity (Wildman–Crippen MR) is 75.1 cm³/mol. The highest BCUT2D eigenvalue weighted by Crippen LogP contribution is 2.05. The summed E-state index contributed by atoms with van der Waals surface area (Å²) in [5, 5.41) is 3.02. The summed E-state index contributed by atoms with van der Waals surface area (Å²) in [6.07, 6.45) is 1.55. The molecule has 20 heavy (non-hydrogen) atoms. The van der Waals surface area contributed by atoms with E-state index < -0.39 is 11.7 Å². The average molecular weight is 293 g/mol. The number of hydrazine groups is 1. The van der Waals surface area contributed by atoms with Gasteiger partial charge in [0, 0.05) is 0 Å². The molecule has 1 aromatic carbocycles. The van der Waals surface area contributed by atoms with Gasteiger partial charge in [0.2, 0.25) is 0 Å². The minimum absolute atomic E-state index is 0.0613. The van der Waals surface area contributed by atoms with E-state index in [0.29, 0.717) is 12.3 Å². The second-order valence-corrected chi connectivity index (χ2v) is 4.23. The SMILES string of the molecule is O=C(NNC(=S)NCc1ccco1)c1ccccc1F. The topological polar surface area (TPSA) is 66.3 Å². The first-order chi connectivity index (χ1) is 9.66. The molecule has 2 aromatic rings. The first kappa shape index (κ1) is 14.0. The maximum absolute atomic E-state index is 13.3. The van der Waals surface area contributed by atoms with Crippen molar-refractivity contribution in [3.8, 4) is 0 Å². The van der Waals surface area contributed by atoms with Crippen LogP contribution in [0, 0.1) is 5.82 Å². The number of amides is 1. The van der Waals surface area contributed by atoms with Crippen LogP contribution in [0.4, 0.5) is 4.39 Å². The lowest BCUT2D eigenvalue weighted by Gasteiger charge is -2.11. The third-order valence-corrected chi connectivity index (χ3v) is 2.66. The first-order valence-electron chi connectivity index (χ1n) is 5.78. The molecule has 104 valence electrons. The normalized spacial score (nSPS) is 9.85. The number of hydrogen-bond acceptors (Lipinski definition) is 3. The monoisotopic (exact) mass is 293 g/mol. The van der Waals surface area contributed by atoms with E-state index in [1.165, 1.54) is 18.2 Å². The number of hydrogen-bond donors (Lipinski definition) is 3. The number of thiocarbonyl (C=S) groups is 1. The van der Waals surface area contributed by atoms with E-state index in [1.807, 2.05) is 0 Å². The van der Waals surface area contributed by atoms with Gasteiger partial charge in [-0.2, -0.15) is 0 Å². The molecule has 0 radical (unpaired) electrons. The highest BCUT2D eigenvalue weighted by molar-refractivity contribution is 7.80. The summed E-state index contributed by atoms with van der Waals surface area (Å²) >= 11 is 4.96. The van der Waals surface area contributed by atoms with Gasteiger partial charge in [-0.15, -0.1) is 0 Å². The molecule has 2 rings (SSSR count). The van der Waals surface area contributed by atoms with Gasteiger partial charge in [-0.05, 0) is 36.5 Å². The number of nitrogens with one attached hydrogen (secondary N) is 3. The van der Waals surface area contributed by atoms with Crippen LogP contribution in [0.25, 0.3) is 0 Å². The molecule has 0 bridgehead atoms. The summed E-state index contributed by atoms with van der Waals surface area (Å²) in [7, 11) is 0. The fourth-order valence-electron chi connectivity index (χ4n) is 1.45. The summed E-state index contributed by atoms with van der Waals surface area (Å²) in [6, 6.07) is 9.22. The van der Waals surface area contributed by atoms with E-state index >= 15 is 0 Å². The van der Waals surface area contributed by atoms with E-state index in [-0.39, 0.29) is 10.7 Å². The van der Waals surface area contributed by atoms with Crippen molar-refractivity contribution in [2.24, 2.45) is 0 Å². The summed E-state index contributed by atoms with van der Waals surface area (Å²) in [5.41, 5.74) is 4.73. The van der Waals surface area contributed by atoms with Crippen LogP contribution in [-0.2, 0) is 6.54 Å². The Balaban J connectivity index is 1.78. The fourth-order valence-corrected chi connectivity index (χ4v) is 1.57. The second-order valence-electron chi connectivity index (χ2n) is 3.82. The van der Waals surface area contributed by atoms with Crippen LogP contribution >= 0.6 is 12.2 Å². The lowest BCUT2D eigenvalue weighted by atomic mass is 10.2. The third kappa shape index (κ3) is 3.79. The van der Waals surface area contributed by atoms with Gasteiger partial charge < -0.3 is 9.73 Å². The van der Waals surface area contributed by atoms with Crippen LogP contribution in [0.3, 0.4) is 0 Å². The fraction of sp³-hybridized carbons (Fsp3) is 0.0769. The van der Waals surface area contributed by atoms with Crippen LogP contribution in [0.15, 0.2) is 47.1 Å². The molecule has 7 heteroatoms. The molecule has 0 atom stereocenters. The van der Waals surface area contributed by atoms with Gasteiger partial charge in [0.15, 0.2) is 5.11 Å². The quantitative estimate of drug-likeness (QED) is 0.594. The zero-order valence-electron chi connectivity index (χ0n) is 10.4. The van der Waals surface area contributed by atoms with Crippen LogP contribution in [-0.4, -0.2) is 11.0 Å². The number of furan rings is 1. The Morgan fingerprint density at radius 2 is 2.00 bits per heavy atom. The molecule has 3 N–H and O–H groups in total. The summed E-state index contributed by atoms with van der Waals surface area (Å²) < 4.78 is 18.5. The van der Waals surface area contributed by atoms with Gasteiger partial charge in [0.05, 0.1) is 18.4 Å². The molecule has 0 saturated carbocycles. The molecule has 1 aromatic heterocycles. The second kappa shape index (κ2) is 6.67. The maximum Gasteiger partial charge on any atom is 0.272 e. The number of carbonyl (C=O) groups is 1. The van der Waals surface area contributed by atoms with Gasteiger partial charge in [-0.3, -0.25) is 15.6 Å². The predicted octanol–water partition coefficient (Wildman–Crippen LogP) is 1.73. The Labute approximate surface area is 120 Å². The highest BCUT2D eigenvalue weighted by Gasteiger charge is 2.10. The van der Waals surface area contributed by atoms with Crippen molar-refractivity contribution in [1.29, 1.82) is 0 Å².